The number of ether oxygens (including phenoxy) is 2. The van der Waals surface area contributed by atoms with Gasteiger partial charge in [0.05, 0.1) is 12.0 Å². The van der Waals surface area contributed by atoms with Crippen molar-refractivity contribution >= 4 is 22.0 Å². The first-order valence-electron chi connectivity index (χ1n) is 7.15. The molecule has 0 fully saturated rings. The van der Waals surface area contributed by atoms with Crippen LogP contribution in [0.2, 0.25) is 0 Å². The number of amides is 2. The zero-order valence-electron chi connectivity index (χ0n) is 14.2. The van der Waals surface area contributed by atoms with Crippen molar-refractivity contribution in [1.82, 2.24) is 10.0 Å². The van der Waals surface area contributed by atoms with Crippen molar-refractivity contribution in [3.05, 3.63) is 24.3 Å². The lowest BCUT2D eigenvalue weighted by atomic mass is 10.2. The van der Waals surface area contributed by atoms with Gasteiger partial charge in [-0.2, -0.15) is 0 Å². The lowest BCUT2D eigenvalue weighted by molar-refractivity contribution is -0.121. The smallest absolute Gasteiger partial charge is 0.408 e. The van der Waals surface area contributed by atoms with Crippen LogP contribution in [0.3, 0.4) is 0 Å². The Hall–Kier alpha value is -2.29. The number of hydrogen-bond acceptors (Lipinski definition) is 6. The molecule has 0 aliphatic carbocycles. The molecular formula is C15H22N2O6S. The Labute approximate surface area is 141 Å². The quantitative estimate of drug-likeness (QED) is 0.823. The molecular weight excluding hydrogens is 336 g/mol. The topological polar surface area (TPSA) is 111 Å². The molecule has 0 spiro atoms. The first kappa shape index (κ1) is 19.8. The van der Waals surface area contributed by atoms with Gasteiger partial charge in [0, 0.05) is 0 Å². The van der Waals surface area contributed by atoms with Crippen LogP contribution in [-0.2, 0) is 19.6 Å². The van der Waals surface area contributed by atoms with Crippen LogP contribution in [-0.4, -0.2) is 39.2 Å². The standard InChI is InChI=1S/C15H22N2O6S/c1-10(16-14(19)23-15(2,3)4)13(18)17-24(20,21)12-8-6-11(22-5)7-9-12/h6-10H,1-5H3,(H,16,19)(H,17,18)/t10-/m1/s1. The van der Waals surface area contributed by atoms with Gasteiger partial charge in [0.25, 0.3) is 15.9 Å². The molecule has 134 valence electrons. The summed E-state index contributed by atoms with van der Waals surface area (Å²) >= 11 is 0. The van der Waals surface area contributed by atoms with Crippen molar-refractivity contribution in [2.24, 2.45) is 0 Å². The maximum absolute atomic E-state index is 12.1. The monoisotopic (exact) mass is 358 g/mol. The second-order valence-electron chi connectivity index (χ2n) is 6.01. The molecule has 0 heterocycles. The Morgan fingerprint density at radius 3 is 2.12 bits per heavy atom. The first-order chi connectivity index (χ1) is 10.9. The number of alkyl carbamates (subject to hydrolysis) is 1. The molecule has 1 aromatic rings. The molecule has 24 heavy (non-hydrogen) atoms. The summed E-state index contributed by atoms with van der Waals surface area (Å²) in [5.74, 6) is -0.392. The number of sulfonamides is 1. The highest BCUT2D eigenvalue weighted by Crippen LogP contribution is 2.15. The molecule has 0 saturated heterocycles. The van der Waals surface area contributed by atoms with Crippen molar-refractivity contribution in [3.63, 3.8) is 0 Å². The molecule has 9 heteroatoms. The zero-order chi connectivity index (χ0) is 18.5. The minimum Gasteiger partial charge on any atom is -0.497 e. The van der Waals surface area contributed by atoms with E-state index in [0.717, 1.165) is 0 Å². The summed E-state index contributed by atoms with van der Waals surface area (Å²) in [4.78, 5) is 23.5. The summed E-state index contributed by atoms with van der Waals surface area (Å²) in [6.07, 6.45) is -0.813. The third-order valence-electron chi connectivity index (χ3n) is 2.73. The van der Waals surface area contributed by atoms with Crippen molar-refractivity contribution in [3.8, 4) is 5.75 Å². The molecule has 1 rings (SSSR count). The molecule has 0 saturated carbocycles. The van der Waals surface area contributed by atoms with Crippen LogP contribution >= 0.6 is 0 Å². The Morgan fingerprint density at radius 1 is 1.12 bits per heavy atom. The van der Waals surface area contributed by atoms with Gasteiger partial charge in [-0.1, -0.05) is 0 Å². The van der Waals surface area contributed by atoms with Crippen molar-refractivity contribution in [2.45, 2.75) is 44.2 Å². The molecule has 0 aromatic heterocycles. The predicted octanol–water partition coefficient (Wildman–Crippen LogP) is 1.41. The van der Waals surface area contributed by atoms with E-state index < -0.39 is 33.7 Å². The van der Waals surface area contributed by atoms with Gasteiger partial charge in [-0.15, -0.1) is 0 Å². The van der Waals surface area contributed by atoms with Crippen molar-refractivity contribution in [2.75, 3.05) is 7.11 Å². The third kappa shape index (κ3) is 6.07. The van der Waals surface area contributed by atoms with E-state index in [9.17, 15) is 18.0 Å². The van der Waals surface area contributed by atoms with Crippen LogP contribution in [0.5, 0.6) is 5.75 Å². The largest absolute Gasteiger partial charge is 0.497 e. The van der Waals surface area contributed by atoms with E-state index >= 15 is 0 Å². The van der Waals surface area contributed by atoms with Gasteiger partial charge in [-0.3, -0.25) is 4.79 Å². The lowest BCUT2D eigenvalue weighted by Crippen LogP contribution is -2.47. The predicted molar refractivity (Wildman–Crippen MR) is 87.2 cm³/mol. The summed E-state index contributed by atoms with van der Waals surface area (Å²) < 4.78 is 36.1. The number of nitrogens with one attached hydrogen (secondary N) is 2. The fraction of sp³-hybridized carbons (Fsp3) is 0.467. The number of rotatable bonds is 5. The number of benzene rings is 1. The summed E-state index contributed by atoms with van der Waals surface area (Å²) in [7, 11) is -2.59. The fourth-order valence-corrected chi connectivity index (χ4v) is 2.64. The van der Waals surface area contributed by atoms with Crippen molar-refractivity contribution in [1.29, 1.82) is 0 Å². The maximum Gasteiger partial charge on any atom is 0.408 e. The highest BCUT2D eigenvalue weighted by molar-refractivity contribution is 7.90. The highest BCUT2D eigenvalue weighted by atomic mass is 32.2. The van der Waals surface area contributed by atoms with Gasteiger partial charge in [-0.25, -0.2) is 17.9 Å². The summed E-state index contributed by atoms with van der Waals surface area (Å²) in [6.45, 7) is 6.37. The van der Waals surface area contributed by atoms with Gasteiger partial charge in [0.1, 0.15) is 17.4 Å². The van der Waals surface area contributed by atoms with E-state index in [2.05, 4.69) is 5.32 Å². The number of carbonyl (C=O) groups is 2. The number of hydrogen-bond donors (Lipinski definition) is 2. The van der Waals surface area contributed by atoms with Crippen LogP contribution in [0, 0.1) is 0 Å². The molecule has 1 atom stereocenters. The van der Waals surface area contributed by atoms with E-state index in [1.54, 1.807) is 20.8 Å². The third-order valence-corrected chi connectivity index (χ3v) is 4.09. The number of methoxy groups -OCH3 is 1. The van der Waals surface area contributed by atoms with E-state index in [4.69, 9.17) is 9.47 Å². The molecule has 0 aliphatic rings. The fourth-order valence-electron chi connectivity index (χ4n) is 1.58. The minimum absolute atomic E-state index is 0.0962. The molecule has 0 unspecified atom stereocenters. The van der Waals surface area contributed by atoms with Crippen LogP contribution in [0.1, 0.15) is 27.7 Å². The molecule has 1 aromatic carbocycles. The zero-order valence-corrected chi connectivity index (χ0v) is 15.1. The molecule has 2 N–H and O–H groups in total. The van der Waals surface area contributed by atoms with Gasteiger partial charge >= 0.3 is 6.09 Å². The van der Waals surface area contributed by atoms with E-state index in [1.807, 2.05) is 4.72 Å². The molecule has 8 nitrogen and oxygen atoms in total. The lowest BCUT2D eigenvalue weighted by Gasteiger charge is -2.21. The average molecular weight is 358 g/mol. The second kappa shape index (κ2) is 7.52. The number of carbonyl (C=O) groups excluding carboxylic acids is 2. The molecule has 2 amide bonds. The van der Waals surface area contributed by atoms with E-state index in [-0.39, 0.29) is 4.90 Å². The van der Waals surface area contributed by atoms with Gasteiger partial charge in [0.2, 0.25) is 0 Å². The SMILES string of the molecule is COc1ccc(S(=O)(=O)NC(=O)[C@@H](C)NC(=O)OC(C)(C)C)cc1. The Morgan fingerprint density at radius 2 is 1.67 bits per heavy atom. The Kier molecular flexibility index (Phi) is 6.19. The van der Waals surface area contributed by atoms with Gasteiger partial charge in [0.15, 0.2) is 0 Å². The molecule has 0 radical (unpaired) electrons. The molecule has 0 aliphatic heterocycles. The Bertz CT molecular complexity index is 692. The van der Waals surface area contributed by atoms with Gasteiger partial charge < -0.3 is 14.8 Å². The maximum atomic E-state index is 12.1. The second-order valence-corrected chi connectivity index (χ2v) is 7.70. The van der Waals surface area contributed by atoms with Crippen LogP contribution in [0.4, 0.5) is 4.79 Å². The van der Waals surface area contributed by atoms with Crippen LogP contribution in [0.25, 0.3) is 0 Å². The van der Waals surface area contributed by atoms with Crippen LogP contribution in [0.15, 0.2) is 29.2 Å². The summed E-state index contributed by atoms with van der Waals surface area (Å²) in [5.41, 5.74) is -0.727. The van der Waals surface area contributed by atoms with Crippen molar-refractivity contribution < 1.29 is 27.5 Å². The average Bonchev–Trinajstić information content (AvgIpc) is 2.44. The van der Waals surface area contributed by atoms with Gasteiger partial charge in [-0.05, 0) is 52.0 Å². The van der Waals surface area contributed by atoms with E-state index in [0.29, 0.717) is 5.75 Å². The normalized spacial score (nSPS) is 12.9. The van der Waals surface area contributed by atoms with Crippen LogP contribution < -0.4 is 14.8 Å². The Balaban J connectivity index is 2.72. The molecule has 0 bridgehead atoms. The minimum atomic E-state index is -4.05. The summed E-state index contributed by atoms with van der Waals surface area (Å²) in [6, 6.07) is 4.44. The highest BCUT2D eigenvalue weighted by Gasteiger charge is 2.25. The van der Waals surface area contributed by atoms with E-state index in [1.165, 1.54) is 38.3 Å². The first-order valence-corrected chi connectivity index (χ1v) is 8.63. The summed E-state index contributed by atoms with van der Waals surface area (Å²) in [5, 5.41) is 2.27.